The summed E-state index contributed by atoms with van der Waals surface area (Å²) < 4.78 is 17.5. The van der Waals surface area contributed by atoms with E-state index in [2.05, 4.69) is 0 Å². The van der Waals surface area contributed by atoms with Crippen molar-refractivity contribution >= 4 is 17.7 Å². The predicted octanol–water partition coefficient (Wildman–Crippen LogP) is 2.58. The average molecular weight is 361 g/mol. The highest BCUT2D eigenvalue weighted by Crippen LogP contribution is 2.47. The summed E-state index contributed by atoms with van der Waals surface area (Å²) in [5.41, 5.74) is 0.622. The van der Waals surface area contributed by atoms with Crippen molar-refractivity contribution in [3.8, 4) is 11.5 Å². The van der Waals surface area contributed by atoms with E-state index in [0.29, 0.717) is 36.4 Å². The monoisotopic (exact) mass is 361 g/mol. The molecule has 1 atom stereocenters. The van der Waals surface area contributed by atoms with Crippen LogP contribution in [0.1, 0.15) is 29.6 Å². The van der Waals surface area contributed by atoms with Crippen LogP contribution in [-0.2, 0) is 4.74 Å². The first kappa shape index (κ1) is 15.8. The van der Waals surface area contributed by atoms with Gasteiger partial charge in [0.15, 0.2) is 11.5 Å². The first-order valence-electron chi connectivity index (χ1n) is 9.16. The summed E-state index contributed by atoms with van der Waals surface area (Å²) in [6.07, 6.45) is 4.10. The number of nitrogens with zero attached hydrogens (tertiary/aromatic N) is 1. The molecule has 0 unspecified atom stereocenters. The molecule has 4 aliphatic rings. The van der Waals surface area contributed by atoms with Crippen molar-refractivity contribution in [1.29, 1.82) is 0 Å². The quantitative estimate of drug-likeness (QED) is 0.825. The Hall–Kier alpha value is -1.40. The van der Waals surface area contributed by atoms with E-state index in [1.807, 2.05) is 34.9 Å². The number of rotatable bonds is 4. The fourth-order valence-corrected chi connectivity index (χ4v) is 5.44. The molecule has 5 nitrogen and oxygen atoms in total. The van der Waals surface area contributed by atoms with Gasteiger partial charge in [0.2, 0.25) is 0 Å². The topological polar surface area (TPSA) is 48.0 Å². The van der Waals surface area contributed by atoms with Crippen molar-refractivity contribution in [2.24, 2.45) is 5.92 Å². The number of ether oxygens (including phenoxy) is 3. The minimum Gasteiger partial charge on any atom is -0.486 e. The van der Waals surface area contributed by atoms with Gasteiger partial charge >= 0.3 is 0 Å². The fraction of sp³-hybridized carbons (Fsp3) is 0.632. The SMILES string of the molecule is O=C(c1cccc2c1OCCO2)N1CC2(C[C@H](OCC3CC3)CS2)C1. The molecule has 0 bridgehead atoms. The lowest BCUT2D eigenvalue weighted by atomic mass is 9.92. The van der Waals surface area contributed by atoms with Crippen LogP contribution in [0.4, 0.5) is 0 Å². The number of amides is 1. The van der Waals surface area contributed by atoms with E-state index in [0.717, 1.165) is 37.8 Å². The van der Waals surface area contributed by atoms with Crippen LogP contribution in [0.25, 0.3) is 0 Å². The molecule has 3 fully saturated rings. The Morgan fingerprint density at radius 1 is 1.28 bits per heavy atom. The summed E-state index contributed by atoms with van der Waals surface area (Å²) in [6.45, 7) is 3.58. The number of likely N-dealkylation sites (tertiary alicyclic amines) is 1. The van der Waals surface area contributed by atoms with Gasteiger partial charge in [-0.15, -0.1) is 11.8 Å². The van der Waals surface area contributed by atoms with E-state index >= 15 is 0 Å². The highest BCUT2D eigenvalue weighted by atomic mass is 32.2. The minimum absolute atomic E-state index is 0.0518. The third-order valence-corrected chi connectivity index (χ3v) is 7.06. The Bertz CT molecular complexity index is 684. The van der Waals surface area contributed by atoms with Crippen LogP contribution in [-0.4, -0.2) is 60.3 Å². The van der Waals surface area contributed by atoms with Crippen LogP contribution >= 0.6 is 11.8 Å². The standard InChI is InChI=1S/C19H23NO4S/c21-18(15-2-1-3-16-17(15)23-7-6-22-16)20-11-19(12-20)8-14(10-25-19)24-9-13-4-5-13/h1-3,13-14H,4-12H2/t14-/m0/s1. The molecular formula is C19H23NO4S. The number of hydrogen-bond acceptors (Lipinski definition) is 5. The van der Waals surface area contributed by atoms with Crippen LogP contribution < -0.4 is 9.47 Å². The van der Waals surface area contributed by atoms with Crippen LogP contribution in [0, 0.1) is 5.92 Å². The third kappa shape index (κ3) is 2.99. The van der Waals surface area contributed by atoms with Crippen molar-refractivity contribution < 1.29 is 19.0 Å². The molecule has 25 heavy (non-hydrogen) atoms. The van der Waals surface area contributed by atoms with Gasteiger partial charge in [-0.05, 0) is 37.3 Å². The van der Waals surface area contributed by atoms with Gasteiger partial charge in [0.05, 0.1) is 16.4 Å². The number of carbonyl (C=O) groups excluding carboxylic acids is 1. The third-order valence-electron chi connectivity index (χ3n) is 5.48. The fourth-order valence-electron chi connectivity index (χ4n) is 3.89. The molecule has 6 heteroatoms. The van der Waals surface area contributed by atoms with Gasteiger partial charge < -0.3 is 19.1 Å². The smallest absolute Gasteiger partial charge is 0.257 e. The Kier molecular flexibility index (Phi) is 3.86. The summed E-state index contributed by atoms with van der Waals surface area (Å²) in [4.78, 5) is 14.8. The molecule has 1 aromatic carbocycles. The van der Waals surface area contributed by atoms with Crippen molar-refractivity contribution in [2.75, 3.05) is 38.7 Å². The van der Waals surface area contributed by atoms with Crippen LogP contribution in [0.3, 0.4) is 0 Å². The molecule has 1 spiro atoms. The van der Waals surface area contributed by atoms with Crippen LogP contribution in [0.15, 0.2) is 18.2 Å². The summed E-state index contributed by atoms with van der Waals surface area (Å²) >= 11 is 1.98. The molecule has 1 amide bonds. The normalized spacial score (nSPS) is 26.6. The molecule has 1 aliphatic carbocycles. The van der Waals surface area contributed by atoms with E-state index in [1.165, 1.54) is 12.8 Å². The lowest BCUT2D eigenvalue weighted by molar-refractivity contribution is 0.0283. The summed E-state index contributed by atoms with van der Waals surface area (Å²) in [5.74, 6) is 3.20. The first-order valence-corrected chi connectivity index (χ1v) is 10.1. The van der Waals surface area contributed by atoms with Crippen molar-refractivity contribution in [3.63, 3.8) is 0 Å². The zero-order valence-electron chi connectivity index (χ0n) is 14.2. The number of thioether (sulfide) groups is 1. The second kappa shape index (κ2) is 6.09. The molecule has 5 rings (SSSR count). The Labute approximate surface area is 152 Å². The molecular weight excluding hydrogens is 338 g/mol. The Morgan fingerprint density at radius 2 is 2.12 bits per heavy atom. The molecule has 0 radical (unpaired) electrons. The minimum atomic E-state index is 0.0518. The predicted molar refractivity (Wildman–Crippen MR) is 95.6 cm³/mol. The molecule has 134 valence electrons. The molecule has 3 aliphatic heterocycles. The van der Waals surface area contributed by atoms with Crippen molar-refractivity contribution in [3.05, 3.63) is 23.8 Å². The maximum absolute atomic E-state index is 12.9. The maximum Gasteiger partial charge on any atom is 0.257 e. The van der Waals surface area contributed by atoms with E-state index in [9.17, 15) is 4.79 Å². The Morgan fingerprint density at radius 3 is 2.96 bits per heavy atom. The highest BCUT2D eigenvalue weighted by molar-refractivity contribution is 8.01. The van der Waals surface area contributed by atoms with Gasteiger partial charge in [0.1, 0.15) is 13.2 Å². The zero-order chi connectivity index (χ0) is 16.9. The van der Waals surface area contributed by atoms with Crippen molar-refractivity contribution in [1.82, 2.24) is 4.90 Å². The summed E-state index contributed by atoms with van der Waals surface area (Å²) in [7, 11) is 0. The first-order chi connectivity index (χ1) is 12.2. The molecule has 1 aromatic rings. The van der Waals surface area contributed by atoms with E-state index < -0.39 is 0 Å². The number of para-hydroxylation sites is 1. The van der Waals surface area contributed by atoms with Crippen LogP contribution in [0.5, 0.6) is 11.5 Å². The van der Waals surface area contributed by atoms with Gasteiger partial charge in [-0.25, -0.2) is 0 Å². The molecule has 3 heterocycles. The highest BCUT2D eigenvalue weighted by Gasteiger charge is 2.51. The Balaban J connectivity index is 1.21. The van der Waals surface area contributed by atoms with Gasteiger partial charge in [0.25, 0.3) is 5.91 Å². The van der Waals surface area contributed by atoms with Gasteiger partial charge in [-0.2, -0.15) is 0 Å². The number of hydrogen-bond donors (Lipinski definition) is 0. The van der Waals surface area contributed by atoms with Gasteiger partial charge in [-0.1, -0.05) is 6.07 Å². The van der Waals surface area contributed by atoms with E-state index in [1.54, 1.807) is 0 Å². The average Bonchev–Trinajstić information content (AvgIpc) is 3.35. The number of carbonyl (C=O) groups is 1. The maximum atomic E-state index is 12.9. The summed E-state index contributed by atoms with van der Waals surface area (Å²) in [5, 5.41) is 0. The second-order valence-electron chi connectivity index (χ2n) is 7.59. The summed E-state index contributed by atoms with van der Waals surface area (Å²) in [6, 6.07) is 5.56. The molecule has 0 aromatic heterocycles. The zero-order valence-corrected chi connectivity index (χ0v) is 15.1. The number of benzene rings is 1. The van der Waals surface area contributed by atoms with Crippen LogP contribution in [0.2, 0.25) is 0 Å². The van der Waals surface area contributed by atoms with Gasteiger partial charge in [-0.3, -0.25) is 4.79 Å². The lowest BCUT2D eigenvalue weighted by Crippen LogP contribution is -2.60. The van der Waals surface area contributed by atoms with E-state index in [4.69, 9.17) is 14.2 Å². The second-order valence-corrected chi connectivity index (χ2v) is 9.08. The van der Waals surface area contributed by atoms with Crippen molar-refractivity contribution in [2.45, 2.75) is 30.1 Å². The number of fused-ring (bicyclic) bond motifs is 1. The molecule has 1 saturated carbocycles. The molecule has 2 saturated heterocycles. The van der Waals surface area contributed by atoms with E-state index in [-0.39, 0.29) is 10.7 Å². The largest absolute Gasteiger partial charge is 0.486 e. The van der Waals surface area contributed by atoms with Gasteiger partial charge in [0, 0.05) is 25.4 Å². The lowest BCUT2D eigenvalue weighted by Gasteiger charge is -2.47. The molecule has 0 N–H and O–H groups in total.